The fourth-order valence-electron chi connectivity index (χ4n) is 2.36. The number of nitrogens with zero attached hydrogens (tertiary/aromatic N) is 2. The summed E-state index contributed by atoms with van der Waals surface area (Å²) in [5.74, 6) is -0.0104. The number of benzene rings is 1. The van der Waals surface area contributed by atoms with E-state index in [0.717, 1.165) is 27.3 Å². The number of ketones is 1. The molecule has 1 N–H and O–H groups in total. The quantitative estimate of drug-likeness (QED) is 0.726. The van der Waals surface area contributed by atoms with Crippen molar-refractivity contribution >= 4 is 23.0 Å². The molecule has 2 aromatic heterocycles. The second kappa shape index (κ2) is 6.80. The summed E-state index contributed by atoms with van der Waals surface area (Å²) in [4.78, 5) is 23.6. The van der Waals surface area contributed by atoms with Crippen LogP contribution in [0.5, 0.6) is 0 Å². The number of likely N-dealkylation sites (N-methyl/N-ethyl adjacent to an activating group) is 1. The number of carbonyl (C=O) groups excluding carboxylic acids is 2. The van der Waals surface area contributed by atoms with Gasteiger partial charge in [-0.15, -0.1) is 11.3 Å². The van der Waals surface area contributed by atoms with Crippen molar-refractivity contribution < 1.29 is 9.59 Å². The zero-order valence-corrected chi connectivity index (χ0v) is 14.3. The lowest BCUT2D eigenvalue weighted by molar-refractivity contribution is -0.121. The Balaban J connectivity index is 1.87. The monoisotopic (exact) mass is 339 g/mol. The third-order valence-electron chi connectivity index (χ3n) is 3.66. The summed E-state index contributed by atoms with van der Waals surface area (Å²) in [6, 6.07) is 11.8. The van der Waals surface area contributed by atoms with Gasteiger partial charge >= 0.3 is 0 Å². The van der Waals surface area contributed by atoms with Crippen LogP contribution in [0, 0.1) is 0 Å². The molecule has 24 heavy (non-hydrogen) atoms. The number of hydrogen-bond acceptors (Lipinski definition) is 4. The van der Waals surface area contributed by atoms with Gasteiger partial charge in [-0.1, -0.05) is 18.2 Å². The first kappa shape index (κ1) is 16.1. The van der Waals surface area contributed by atoms with E-state index < -0.39 is 0 Å². The van der Waals surface area contributed by atoms with Gasteiger partial charge < -0.3 is 5.32 Å². The van der Waals surface area contributed by atoms with Gasteiger partial charge in [0, 0.05) is 18.8 Å². The van der Waals surface area contributed by atoms with Crippen molar-refractivity contribution in [2.24, 2.45) is 0 Å². The zero-order chi connectivity index (χ0) is 17.1. The van der Waals surface area contributed by atoms with Crippen LogP contribution in [0.4, 0.5) is 0 Å². The van der Waals surface area contributed by atoms with Gasteiger partial charge in [0.1, 0.15) is 6.54 Å². The van der Waals surface area contributed by atoms with E-state index in [2.05, 4.69) is 10.4 Å². The predicted octanol–water partition coefficient (Wildman–Crippen LogP) is 3.23. The molecule has 0 aliphatic heterocycles. The van der Waals surface area contributed by atoms with Crippen molar-refractivity contribution in [2.45, 2.75) is 13.5 Å². The number of thiophene rings is 1. The summed E-state index contributed by atoms with van der Waals surface area (Å²) in [5, 5.41) is 9.01. The summed E-state index contributed by atoms with van der Waals surface area (Å²) < 4.78 is 1.61. The molecule has 0 radical (unpaired) electrons. The molecular formula is C18H17N3O2S. The van der Waals surface area contributed by atoms with Crippen LogP contribution < -0.4 is 5.32 Å². The highest BCUT2D eigenvalue weighted by Crippen LogP contribution is 2.29. The Hall–Kier alpha value is -2.73. The Morgan fingerprint density at radius 3 is 2.67 bits per heavy atom. The highest BCUT2D eigenvalue weighted by Gasteiger charge is 2.09. The molecule has 3 rings (SSSR count). The minimum atomic E-state index is -0.0894. The summed E-state index contributed by atoms with van der Waals surface area (Å²) in [6.07, 6.45) is 1.79. The lowest BCUT2D eigenvalue weighted by Gasteiger charge is -2.02. The van der Waals surface area contributed by atoms with Gasteiger partial charge in [0.15, 0.2) is 5.78 Å². The van der Waals surface area contributed by atoms with Gasteiger partial charge in [-0.3, -0.25) is 14.3 Å². The first-order valence-corrected chi connectivity index (χ1v) is 8.39. The van der Waals surface area contributed by atoms with Crippen molar-refractivity contribution in [1.29, 1.82) is 0 Å². The largest absolute Gasteiger partial charge is 0.358 e. The van der Waals surface area contributed by atoms with Crippen LogP contribution >= 0.6 is 11.3 Å². The molecule has 1 aromatic carbocycles. The summed E-state index contributed by atoms with van der Waals surface area (Å²) in [7, 11) is 1.60. The number of rotatable bonds is 5. The smallest absolute Gasteiger partial charge is 0.241 e. The molecular weight excluding hydrogens is 322 g/mol. The molecule has 2 heterocycles. The van der Waals surface area contributed by atoms with Crippen LogP contribution in [0.15, 0.2) is 48.0 Å². The van der Waals surface area contributed by atoms with Crippen LogP contribution in [0.25, 0.3) is 22.4 Å². The third kappa shape index (κ3) is 3.44. The van der Waals surface area contributed by atoms with E-state index in [1.165, 1.54) is 11.3 Å². The van der Waals surface area contributed by atoms with E-state index in [1.54, 1.807) is 24.9 Å². The minimum absolute atomic E-state index is 0.0790. The van der Waals surface area contributed by atoms with E-state index in [0.29, 0.717) is 0 Å². The molecule has 0 fully saturated rings. The van der Waals surface area contributed by atoms with Gasteiger partial charge in [0.05, 0.1) is 10.6 Å². The summed E-state index contributed by atoms with van der Waals surface area (Å²) in [5.41, 5.74) is 3.84. The molecule has 0 aliphatic carbocycles. The molecule has 0 bridgehead atoms. The Bertz CT molecular complexity index is 895. The average Bonchev–Trinajstić information content (AvgIpc) is 3.24. The van der Waals surface area contributed by atoms with Crippen LogP contribution in [0.2, 0.25) is 0 Å². The molecule has 122 valence electrons. The maximum absolute atomic E-state index is 11.5. The Kier molecular flexibility index (Phi) is 4.57. The fourth-order valence-corrected chi connectivity index (χ4v) is 3.18. The molecule has 0 unspecified atom stereocenters. The van der Waals surface area contributed by atoms with E-state index in [1.807, 2.05) is 41.8 Å². The average molecular weight is 339 g/mol. The standard InChI is InChI=1S/C18H17N3O2S/c1-12(22)17-9-15(11-24-17)13-4-3-5-14(8-13)16-6-7-21(20-16)10-18(23)19-2/h3-9,11H,10H2,1-2H3,(H,19,23). The van der Waals surface area contributed by atoms with Crippen molar-refractivity contribution in [3.63, 3.8) is 0 Å². The Labute approximate surface area is 143 Å². The number of nitrogens with one attached hydrogen (secondary N) is 1. The molecule has 5 nitrogen and oxygen atoms in total. The maximum Gasteiger partial charge on any atom is 0.241 e. The van der Waals surface area contributed by atoms with Gasteiger partial charge in [-0.05, 0) is 41.6 Å². The Morgan fingerprint density at radius 2 is 1.96 bits per heavy atom. The lowest BCUT2D eigenvalue weighted by atomic mass is 10.0. The second-order valence-electron chi connectivity index (χ2n) is 5.41. The first-order chi connectivity index (χ1) is 11.6. The number of hydrogen-bond donors (Lipinski definition) is 1. The third-order valence-corrected chi connectivity index (χ3v) is 4.69. The van der Waals surface area contributed by atoms with Crippen molar-refractivity contribution in [1.82, 2.24) is 15.1 Å². The predicted molar refractivity (Wildman–Crippen MR) is 95.0 cm³/mol. The van der Waals surface area contributed by atoms with E-state index in [9.17, 15) is 9.59 Å². The molecule has 3 aromatic rings. The van der Waals surface area contributed by atoms with Gasteiger partial charge in [-0.2, -0.15) is 5.10 Å². The molecule has 0 saturated heterocycles. The van der Waals surface area contributed by atoms with Crippen LogP contribution in [0.1, 0.15) is 16.6 Å². The van der Waals surface area contributed by atoms with Crippen molar-refractivity contribution in [3.05, 3.63) is 52.9 Å². The van der Waals surface area contributed by atoms with Crippen LogP contribution in [0.3, 0.4) is 0 Å². The number of Topliss-reactive ketones (excluding diaryl/α,β-unsaturated/α-hetero) is 1. The number of carbonyl (C=O) groups is 2. The molecule has 0 saturated carbocycles. The van der Waals surface area contributed by atoms with E-state index >= 15 is 0 Å². The zero-order valence-electron chi connectivity index (χ0n) is 13.4. The SMILES string of the molecule is CNC(=O)Cn1ccc(-c2cccc(-c3csc(C(C)=O)c3)c2)n1. The normalized spacial score (nSPS) is 10.6. The van der Waals surface area contributed by atoms with Gasteiger partial charge in [0.2, 0.25) is 5.91 Å². The van der Waals surface area contributed by atoms with E-state index in [-0.39, 0.29) is 18.2 Å². The van der Waals surface area contributed by atoms with Crippen LogP contribution in [-0.2, 0) is 11.3 Å². The second-order valence-corrected chi connectivity index (χ2v) is 6.32. The summed E-state index contributed by atoms with van der Waals surface area (Å²) in [6.45, 7) is 1.77. The van der Waals surface area contributed by atoms with E-state index in [4.69, 9.17) is 0 Å². The molecule has 0 atom stereocenters. The highest BCUT2D eigenvalue weighted by atomic mass is 32.1. The number of aromatic nitrogens is 2. The number of amides is 1. The lowest BCUT2D eigenvalue weighted by Crippen LogP contribution is -2.23. The minimum Gasteiger partial charge on any atom is -0.358 e. The van der Waals surface area contributed by atoms with Crippen molar-refractivity contribution in [2.75, 3.05) is 7.05 Å². The molecule has 0 aliphatic rings. The highest BCUT2D eigenvalue weighted by molar-refractivity contribution is 7.12. The molecule has 0 spiro atoms. The first-order valence-electron chi connectivity index (χ1n) is 7.51. The molecule has 6 heteroatoms. The van der Waals surface area contributed by atoms with Gasteiger partial charge in [0.25, 0.3) is 0 Å². The topological polar surface area (TPSA) is 64.0 Å². The molecule has 1 amide bonds. The Morgan fingerprint density at radius 1 is 1.17 bits per heavy atom. The van der Waals surface area contributed by atoms with Crippen molar-refractivity contribution in [3.8, 4) is 22.4 Å². The maximum atomic E-state index is 11.5. The summed E-state index contributed by atoms with van der Waals surface area (Å²) >= 11 is 1.45. The van der Waals surface area contributed by atoms with Gasteiger partial charge in [-0.25, -0.2) is 0 Å². The van der Waals surface area contributed by atoms with Crippen LogP contribution in [-0.4, -0.2) is 28.5 Å². The fraction of sp³-hybridized carbons (Fsp3) is 0.167.